The summed E-state index contributed by atoms with van der Waals surface area (Å²) in [6, 6.07) is 2.12. The van der Waals surface area contributed by atoms with Gasteiger partial charge in [-0.2, -0.15) is 5.26 Å². The maximum atomic E-state index is 8.56. The highest BCUT2D eigenvalue weighted by atomic mass is 32.2. The van der Waals surface area contributed by atoms with Gasteiger partial charge in [0.25, 0.3) is 0 Å². The Morgan fingerprint density at radius 3 is 2.55 bits per heavy atom. The van der Waals surface area contributed by atoms with Crippen LogP contribution in [0.3, 0.4) is 0 Å². The molecule has 0 aromatic heterocycles. The number of hydrogen-bond donors (Lipinski definition) is 2. The van der Waals surface area contributed by atoms with Crippen LogP contribution in [0.15, 0.2) is 23.3 Å². The van der Waals surface area contributed by atoms with Gasteiger partial charge < -0.3 is 15.3 Å². The van der Waals surface area contributed by atoms with E-state index in [2.05, 4.69) is 31.3 Å². The fourth-order valence-corrected chi connectivity index (χ4v) is 2.58. The SMILES string of the molecule is C.CCCNC1(CC)CC1.N#CC1=CC(CSO)=CCC1.O. The van der Waals surface area contributed by atoms with Gasteiger partial charge in [-0.1, -0.05) is 27.4 Å². The van der Waals surface area contributed by atoms with E-state index in [-0.39, 0.29) is 12.9 Å². The zero-order valence-electron chi connectivity index (χ0n) is 13.1. The molecule has 5 heteroatoms. The number of nitrogens with zero attached hydrogens (tertiary/aromatic N) is 1. The molecule has 0 amide bonds. The second-order valence-corrected chi connectivity index (χ2v) is 5.98. The summed E-state index contributed by atoms with van der Waals surface area (Å²) in [6.45, 7) is 5.70. The maximum absolute atomic E-state index is 8.56. The van der Waals surface area contributed by atoms with Gasteiger partial charge in [0.2, 0.25) is 0 Å². The molecule has 0 aromatic rings. The Labute approximate surface area is 140 Å². The van der Waals surface area contributed by atoms with Crippen molar-refractivity contribution in [3.63, 3.8) is 0 Å². The van der Waals surface area contributed by atoms with Crippen molar-refractivity contribution in [3.05, 3.63) is 23.3 Å². The highest BCUT2D eigenvalue weighted by molar-refractivity contribution is 7.93. The molecule has 0 radical (unpaired) electrons. The van der Waals surface area contributed by atoms with E-state index >= 15 is 0 Å². The summed E-state index contributed by atoms with van der Waals surface area (Å²) < 4.78 is 8.54. The van der Waals surface area contributed by atoms with Crippen molar-refractivity contribution >= 4 is 12.0 Å². The summed E-state index contributed by atoms with van der Waals surface area (Å²) in [5.41, 5.74) is 2.47. The lowest BCUT2D eigenvalue weighted by molar-refractivity contribution is 0.483. The van der Waals surface area contributed by atoms with Crippen molar-refractivity contribution in [1.82, 2.24) is 5.32 Å². The lowest BCUT2D eigenvalue weighted by Crippen LogP contribution is -2.30. The topological polar surface area (TPSA) is 87.5 Å². The largest absolute Gasteiger partial charge is 0.412 e. The van der Waals surface area contributed by atoms with Crippen molar-refractivity contribution < 1.29 is 10.0 Å². The van der Waals surface area contributed by atoms with Crippen molar-refractivity contribution in [2.75, 3.05) is 12.3 Å². The molecule has 1 saturated carbocycles. The fraction of sp³-hybridized carbons (Fsp3) is 0.706. The average molecular weight is 329 g/mol. The van der Waals surface area contributed by atoms with Gasteiger partial charge in [-0.3, -0.25) is 0 Å². The third-order valence-electron chi connectivity index (χ3n) is 3.83. The third-order valence-corrected chi connectivity index (χ3v) is 4.30. The molecule has 22 heavy (non-hydrogen) atoms. The van der Waals surface area contributed by atoms with Crippen LogP contribution in [0.1, 0.15) is 59.8 Å². The number of rotatable bonds is 6. The lowest BCUT2D eigenvalue weighted by atomic mass is 10.0. The van der Waals surface area contributed by atoms with Crippen LogP contribution in [0.5, 0.6) is 0 Å². The second-order valence-electron chi connectivity index (χ2n) is 5.43. The van der Waals surface area contributed by atoms with Crippen LogP contribution in [0.25, 0.3) is 0 Å². The van der Waals surface area contributed by atoms with E-state index in [1.54, 1.807) is 0 Å². The van der Waals surface area contributed by atoms with E-state index in [4.69, 9.17) is 9.81 Å². The van der Waals surface area contributed by atoms with Crippen LogP contribution in [-0.4, -0.2) is 27.9 Å². The van der Waals surface area contributed by atoms with Gasteiger partial charge in [-0.15, -0.1) is 0 Å². The van der Waals surface area contributed by atoms with Crippen molar-refractivity contribution in [2.45, 2.75) is 65.3 Å². The van der Waals surface area contributed by atoms with Crippen LogP contribution in [0.2, 0.25) is 0 Å². The number of allylic oxidation sites excluding steroid dienone is 3. The van der Waals surface area contributed by atoms with Gasteiger partial charge in [0.05, 0.1) is 6.07 Å². The average Bonchev–Trinajstić information content (AvgIpc) is 3.27. The van der Waals surface area contributed by atoms with Crippen LogP contribution in [0.4, 0.5) is 0 Å². The molecule has 128 valence electrons. The molecular weight excluding hydrogens is 296 g/mol. The highest BCUT2D eigenvalue weighted by Gasteiger charge is 2.39. The molecule has 0 unspecified atom stereocenters. The molecule has 0 atom stereocenters. The van der Waals surface area contributed by atoms with E-state index in [0.717, 1.165) is 36.0 Å². The van der Waals surface area contributed by atoms with Gasteiger partial charge in [0.1, 0.15) is 0 Å². The first-order valence-electron chi connectivity index (χ1n) is 7.50. The molecule has 2 aliphatic carbocycles. The first kappa shape index (κ1) is 23.5. The molecule has 0 bridgehead atoms. The normalized spacial score (nSPS) is 17.4. The monoisotopic (exact) mass is 328 g/mol. The Bertz CT molecular complexity index is 396. The number of nitriles is 1. The first-order valence-corrected chi connectivity index (χ1v) is 8.45. The number of hydrogen-bond acceptors (Lipinski definition) is 4. The Morgan fingerprint density at radius 1 is 1.41 bits per heavy atom. The Kier molecular flexibility index (Phi) is 13.6. The molecular formula is C17H32N2O2S. The molecule has 1 fully saturated rings. The number of nitrogens with one attached hydrogen (secondary N) is 1. The predicted molar refractivity (Wildman–Crippen MR) is 97.0 cm³/mol. The minimum Gasteiger partial charge on any atom is -0.412 e. The smallest absolute Gasteiger partial charge is 0.0947 e. The van der Waals surface area contributed by atoms with Crippen LogP contribution in [-0.2, 0) is 0 Å². The minimum atomic E-state index is 0. The zero-order chi connectivity index (χ0) is 14.8. The van der Waals surface area contributed by atoms with Crippen LogP contribution < -0.4 is 5.32 Å². The molecule has 2 rings (SSSR count). The summed E-state index contributed by atoms with van der Waals surface area (Å²) in [5.74, 6) is 0.588. The molecule has 2 aliphatic rings. The maximum Gasteiger partial charge on any atom is 0.0947 e. The van der Waals surface area contributed by atoms with E-state index in [0.29, 0.717) is 11.3 Å². The summed E-state index contributed by atoms with van der Waals surface area (Å²) >= 11 is 0.798. The fourth-order valence-electron chi connectivity index (χ4n) is 2.23. The summed E-state index contributed by atoms with van der Waals surface area (Å²) in [7, 11) is 0. The lowest BCUT2D eigenvalue weighted by Gasteiger charge is -2.12. The van der Waals surface area contributed by atoms with Crippen LogP contribution >= 0.6 is 12.0 Å². The summed E-state index contributed by atoms with van der Waals surface area (Å²) in [5, 5.41) is 12.1. The summed E-state index contributed by atoms with van der Waals surface area (Å²) in [4.78, 5) is 0. The molecule has 0 aliphatic heterocycles. The highest BCUT2D eigenvalue weighted by Crippen LogP contribution is 2.38. The molecule has 0 heterocycles. The standard InChI is InChI=1S/C8H9NOS.C8H17N.CH4.H2O/c9-5-7-2-1-3-8(4-7)6-11-10;1-3-7-9-8(4-2)5-6-8;;/h3-4,10H,1-2,6H2;9H,3-7H2,1-2H3;1H4;1H2. The molecule has 0 spiro atoms. The minimum absolute atomic E-state index is 0. The molecule has 0 aromatic carbocycles. The second kappa shape index (κ2) is 12.7. The van der Waals surface area contributed by atoms with E-state index in [1.165, 1.54) is 32.2 Å². The molecule has 4 N–H and O–H groups in total. The first-order chi connectivity index (χ1) is 9.69. The third kappa shape index (κ3) is 8.60. The van der Waals surface area contributed by atoms with E-state index < -0.39 is 0 Å². The van der Waals surface area contributed by atoms with Crippen molar-refractivity contribution in [2.24, 2.45) is 0 Å². The van der Waals surface area contributed by atoms with Gasteiger partial charge in [-0.25, -0.2) is 0 Å². The Hall–Kier alpha value is -0.800. The van der Waals surface area contributed by atoms with Gasteiger partial charge in [0.15, 0.2) is 0 Å². The van der Waals surface area contributed by atoms with Crippen LogP contribution in [0, 0.1) is 11.3 Å². The Balaban J connectivity index is 0. The van der Waals surface area contributed by atoms with Gasteiger partial charge in [0, 0.05) is 16.9 Å². The van der Waals surface area contributed by atoms with Crippen molar-refractivity contribution in [3.8, 4) is 6.07 Å². The zero-order valence-corrected chi connectivity index (χ0v) is 13.9. The van der Waals surface area contributed by atoms with Gasteiger partial charge in [-0.05, 0) is 68.8 Å². The van der Waals surface area contributed by atoms with E-state index in [9.17, 15) is 0 Å². The Morgan fingerprint density at radius 2 is 2.09 bits per heavy atom. The quantitative estimate of drug-likeness (QED) is 0.718. The molecule has 0 saturated heterocycles. The predicted octanol–water partition coefficient (Wildman–Crippen LogP) is 4.10. The van der Waals surface area contributed by atoms with Gasteiger partial charge >= 0.3 is 0 Å². The summed E-state index contributed by atoms with van der Waals surface area (Å²) in [6.07, 6.45) is 11.1. The van der Waals surface area contributed by atoms with Crippen molar-refractivity contribution in [1.29, 1.82) is 5.26 Å². The van der Waals surface area contributed by atoms with E-state index in [1.807, 2.05) is 6.08 Å². The molecule has 4 nitrogen and oxygen atoms in total.